The van der Waals surface area contributed by atoms with E-state index in [1.54, 1.807) is 0 Å². The first kappa shape index (κ1) is 15.9. The zero-order chi connectivity index (χ0) is 16.7. The number of aromatic nitrogens is 1. The molecule has 4 nitrogen and oxygen atoms in total. The molecule has 0 radical (unpaired) electrons. The topological polar surface area (TPSA) is 59.5 Å². The van der Waals surface area contributed by atoms with Gasteiger partial charge in [0.1, 0.15) is 0 Å². The highest BCUT2D eigenvalue weighted by Crippen LogP contribution is 2.44. The van der Waals surface area contributed by atoms with E-state index in [9.17, 15) is 10.2 Å². The fourth-order valence-corrected chi connectivity index (χ4v) is 4.78. The molecule has 1 aromatic heterocycles. The fraction of sp³-hybridized carbons (Fsp3) is 0.500. The third-order valence-corrected chi connectivity index (χ3v) is 6.05. The quantitative estimate of drug-likeness (QED) is 0.760. The van der Waals surface area contributed by atoms with E-state index in [1.807, 2.05) is 13.0 Å². The van der Waals surface area contributed by atoms with Crippen LogP contribution in [0.4, 0.5) is 0 Å². The molecule has 128 valence electrons. The lowest BCUT2D eigenvalue weighted by Gasteiger charge is -2.46. The van der Waals surface area contributed by atoms with E-state index in [0.29, 0.717) is 6.04 Å². The number of aromatic amines is 1. The summed E-state index contributed by atoms with van der Waals surface area (Å²) in [6.45, 7) is 4.21. The summed E-state index contributed by atoms with van der Waals surface area (Å²) in [5.41, 5.74) is 5.09. The Morgan fingerprint density at radius 2 is 2.17 bits per heavy atom. The number of hydrogen-bond donors (Lipinski definition) is 3. The molecular weight excluding hydrogens is 300 g/mol. The normalized spacial score (nSPS) is 28.0. The molecule has 2 aliphatic rings. The number of hydrogen-bond acceptors (Lipinski definition) is 3. The molecule has 4 rings (SSSR count). The van der Waals surface area contributed by atoms with E-state index in [0.717, 1.165) is 31.5 Å². The van der Waals surface area contributed by atoms with E-state index in [4.69, 9.17) is 0 Å². The number of rotatable bonds is 3. The number of fused-ring (bicyclic) bond motifs is 5. The molecule has 3 N–H and O–H groups in total. The van der Waals surface area contributed by atoms with Gasteiger partial charge in [-0.2, -0.15) is 0 Å². The van der Waals surface area contributed by atoms with Gasteiger partial charge < -0.3 is 15.2 Å². The van der Waals surface area contributed by atoms with E-state index in [-0.39, 0.29) is 25.0 Å². The summed E-state index contributed by atoms with van der Waals surface area (Å²) in [4.78, 5) is 6.17. The van der Waals surface area contributed by atoms with Gasteiger partial charge >= 0.3 is 0 Å². The Morgan fingerprint density at radius 1 is 1.33 bits per heavy atom. The van der Waals surface area contributed by atoms with Crippen molar-refractivity contribution in [1.82, 2.24) is 9.88 Å². The van der Waals surface area contributed by atoms with Crippen LogP contribution in [0.3, 0.4) is 0 Å². The van der Waals surface area contributed by atoms with Gasteiger partial charge in [-0.1, -0.05) is 24.3 Å². The van der Waals surface area contributed by atoms with Crippen LogP contribution < -0.4 is 0 Å². The smallest absolute Gasteiger partial charge is 0.0644 e. The van der Waals surface area contributed by atoms with Crippen LogP contribution in [0.2, 0.25) is 0 Å². The van der Waals surface area contributed by atoms with Crippen molar-refractivity contribution in [1.29, 1.82) is 0 Å². The molecule has 1 saturated heterocycles. The van der Waals surface area contributed by atoms with Crippen molar-refractivity contribution in [2.45, 2.75) is 25.8 Å². The Morgan fingerprint density at radius 3 is 2.92 bits per heavy atom. The number of para-hydroxylation sites is 1. The van der Waals surface area contributed by atoms with Crippen molar-refractivity contribution in [3.05, 3.63) is 47.2 Å². The Labute approximate surface area is 142 Å². The van der Waals surface area contributed by atoms with Gasteiger partial charge in [-0.05, 0) is 42.9 Å². The summed E-state index contributed by atoms with van der Waals surface area (Å²) in [6.07, 6.45) is 4.05. The Kier molecular flexibility index (Phi) is 4.21. The van der Waals surface area contributed by atoms with E-state index < -0.39 is 0 Å². The van der Waals surface area contributed by atoms with Crippen LogP contribution in [0.15, 0.2) is 35.9 Å². The van der Waals surface area contributed by atoms with Crippen LogP contribution in [0, 0.1) is 11.8 Å². The summed E-state index contributed by atoms with van der Waals surface area (Å²) >= 11 is 0. The van der Waals surface area contributed by atoms with Crippen LogP contribution in [0.5, 0.6) is 0 Å². The molecule has 1 aromatic carbocycles. The van der Waals surface area contributed by atoms with Gasteiger partial charge in [0.05, 0.1) is 12.6 Å². The Hall–Kier alpha value is -1.62. The monoisotopic (exact) mass is 326 g/mol. The van der Waals surface area contributed by atoms with Crippen LogP contribution in [-0.2, 0) is 6.42 Å². The number of benzene rings is 1. The van der Waals surface area contributed by atoms with Gasteiger partial charge in [0.25, 0.3) is 0 Å². The summed E-state index contributed by atoms with van der Waals surface area (Å²) in [6, 6.07) is 8.91. The van der Waals surface area contributed by atoms with Crippen LogP contribution in [0.1, 0.15) is 30.6 Å². The maximum atomic E-state index is 9.86. The van der Waals surface area contributed by atoms with E-state index >= 15 is 0 Å². The minimum absolute atomic E-state index is 0.0872. The number of allylic oxidation sites excluding steroid dienone is 1. The van der Waals surface area contributed by atoms with Gasteiger partial charge in [-0.25, -0.2) is 0 Å². The summed E-state index contributed by atoms with van der Waals surface area (Å²) in [5, 5.41) is 20.9. The number of nitrogens with zero attached hydrogens (tertiary/aromatic N) is 1. The predicted octanol–water partition coefficient (Wildman–Crippen LogP) is 2.63. The van der Waals surface area contributed by atoms with Crippen molar-refractivity contribution in [2.24, 2.45) is 11.8 Å². The zero-order valence-electron chi connectivity index (χ0n) is 14.2. The molecule has 3 heterocycles. The second-order valence-corrected chi connectivity index (χ2v) is 7.13. The lowest BCUT2D eigenvalue weighted by atomic mass is 9.75. The minimum Gasteiger partial charge on any atom is -0.396 e. The Balaban J connectivity index is 1.73. The lowest BCUT2D eigenvalue weighted by molar-refractivity contribution is 0.0335. The maximum Gasteiger partial charge on any atom is 0.0644 e. The fourth-order valence-electron chi connectivity index (χ4n) is 4.78. The average Bonchev–Trinajstić information content (AvgIpc) is 3.01. The molecule has 2 aliphatic heterocycles. The highest BCUT2D eigenvalue weighted by atomic mass is 16.3. The van der Waals surface area contributed by atoms with Crippen LogP contribution >= 0.6 is 0 Å². The van der Waals surface area contributed by atoms with Crippen molar-refractivity contribution < 1.29 is 10.2 Å². The molecule has 0 bridgehead atoms. The first-order valence-electron chi connectivity index (χ1n) is 8.97. The van der Waals surface area contributed by atoms with Crippen LogP contribution in [0.25, 0.3) is 10.9 Å². The van der Waals surface area contributed by atoms with Gasteiger partial charge in [-0.15, -0.1) is 0 Å². The largest absolute Gasteiger partial charge is 0.396 e. The molecule has 0 aliphatic carbocycles. The molecule has 4 heteroatoms. The SMILES string of the molecule is C/C=C(\CO)C1CC2c3[nH]c4ccccc4c3CCN2CC1CO. The number of aliphatic hydroxyl groups is 2. The molecule has 24 heavy (non-hydrogen) atoms. The molecule has 3 atom stereocenters. The number of nitrogens with one attached hydrogen (secondary N) is 1. The number of H-pyrrole nitrogens is 1. The summed E-state index contributed by atoms with van der Waals surface area (Å²) < 4.78 is 0. The van der Waals surface area contributed by atoms with Gasteiger partial charge in [-0.3, -0.25) is 4.90 Å². The van der Waals surface area contributed by atoms with Crippen molar-refractivity contribution >= 4 is 10.9 Å². The summed E-state index contributed by atoms with van der Waals surface area (Å²) in [7, 11) is 0. The molecular formula is C20H26N2O2. The molecule has 0 spiro atoms. The standard InChI is InChI=1S/C20H26N2O2/c1-2-13(11-23)17-9-19-20-16(7-8-22(19)10-14(17)12-24)15-5-3-4-6-18(15)21-20/h2-6,14,17,19,21,23-24H,7-12H2,1H3/b13-2+. The highest BCUT2D eigenvalue weighted by Gasteiger charge is 2.40. The number of piperidine rings is 1. The maximum absolute atomic E-state index is 9.86. The van der Waals surface area contributed by atoms with Crippen molar-refractivity contribution in [3.8, 4) is 0 Å². The van der Waals surface area contributed by atoms with Crippen LogP contribution in [-0.4, -0.2) is 46.4 Å². The Bertz CT molecular complexity index is 764. The zero-order valence-corrected chi connectivity index (χ0v) is 14.2. The summed E-state index contributed by atoms with van der Waals surface area (Å²) in [5.74, 6) is 0.467. The minimum atomic E-state index is 0.0872. The molecule has 2 aromatic rings. The highest BCUT2D eigenvalue weighted by molar-refractivity contribution is 5.85. The van der Waals surface area contributed by atoms with Gasteiger partial charge in [0.15, 0.2) is 0 Å². The second kappa shape index (κ2) is 6.36. The average molecular weight is 326 g/mol. The first-order valence-corrected chi connectivity index (χ1v) is 8.97. The van der Waals surface area contributed by atoms with E-state index in [2.05, 4.69) is 34.1 Å². The van der Waals surface area contributed by atoms with Crippen molar-refractivity contribution in [2.75, 3.05) is 26.3 Å². The second-order valence-electron chi connectivity index (χ2n) is 7.13. The molecule has 3 unspecified atom stereocenters. The van der Waals surface area contributed by atoms with Gasteiger partial charge in [0, 0.05) is 42.2 Å². The third kappa shape index (κ3) is 2.41. The van der Waals surface area contributed by atoms with E-state index in [1.165, 1.54) is 22.2 Å². The van der Waals surface area contributed by atoms with Gasteiger partial charge in [0.2, 0.25) is 0 Å². The molecule has 0 amide bonds. The lowest BCUT2D eigenvalue weighted by Crippen LogP contribution is -2.47. The van der Waals surface area contributed by atoms with Crippen molar-refractivity contribution in [3.63, 3.8) is 0 Å². The first-order chi connectivity index (χ1) is 11.8. The third-order valence-electron chi connectivity index (χ3n) is 6.05. The molecule has 1 fully saturated rings. The predicted molar refractivity (Wildman–Crippen MR) is 95.8 cm³/mol. The molecule has 0 saturated carbocycles. The number of aliphatic hydroxyl groups excluding tert-OH is 2.